The molecule has 0 aliphatic carbocycles. The lowest BCUT2D eigenvalue weighted by Crippen LogP contribution is -1.98. The lowest BCUT2D eigenvalue weighted by Gasteiger charge is -1.96. The molecule has 118 valence electrons. The van der Waals surface area contributed by atoms with Crippen LogP contribution in [0.15, 0.2) is 48.6 Å². The number of unbranched alkanes of at least 4 members (excludes halogenated alkanes) is 2. The van der Waals surface area contributed by atoms with Crippen LogP contribution in [-0.4, -0.2) is 13.1 Å². The van der Waals surface area contributed by atoms with Crippen molar-refractivity contribution in [3.8, 4) is 0 Å². The third kappa shape index (κ3) is 16.4. The molecule has 0 N–H and O–H groups in total. The monoisotopic (exact) mass is 290 g/mol. The van der Waals surface area contributed by atoms with Gasteiger partial charge in [0.15, 0.2) is 0 Å². The van der Waals surface area contributed by atoms with E-state index in [1.165, 1.54) is 7.11 Å². The summed E-state index contributed by atoms with van der Waals surface area (Å²) in [5.41, 5.74) is 0. The average molecular weight is 290 g/mol. The van der Waals surface area contributed by atoms with Crippen LogP contribution in [0.25, 0.3) is 0 Å². The Bertz CT molecular complexity index is 349. The third-order valence-electron chi connectivity index (χ3n) is 2.95. The van der Waals surface area contributed by atoms with Crippen LogP contribution in [0.2, 0.25) is 0 Å². The first kappa shape index (κ1) is 19.4. The molecule has 0 aliphatic heterocycles. The Morgan fingerprint density at radius 2 is 1.33 bits per heavy atom. The number of methoxy groups -OCH3 is 1. The minimum Gasteiger partial charge on any atom is -0.469 e. The maximum atomic E-state index is 10.9. The lowest BCUT2D eigenvalue weighted by molar-refractivity contribution is -0.140. The molecule has 2 nitrogen and oxygen atoms in total. The summed E-state index contributed by atoms with van der Waals surface area (Å²) in [7, 11) is 1.44. The van der Waals surface area contributed by atoms with E-state index in [1.807, 2.05) is 0 Å². The van der Waals surface area contributed by atoms with Crippen LogP contribution in [0.5, 0.6) is 0 Å². The van der Waals surface area contributed by atoms with Crippen molar-refractivity contribution in [3.63, 3.8) is 0 Å². The van der Waals surface area contributed by atoms with Crippen LogP contribution >= 0.6 is 0 Å². The molecule has 0 aromatic rings. The van der Waals surface area contributed by atoms with Crippen molar-refractivity contribution in [2.45, 2.75) is 58.3 Å². The van der Waals surface area contributed by atoms with E-state index in [-0.39, 0.29) is 5.97 Å². The Labute approximate surface area is 130 Å². The maximum absolute atomic E-state index is 10.9. The van der Waals surface area contributed by atoms with E-state index >= 15 is 0 Å². The van der Waals surface area contributed by atoms with Gasteiger partial charge in [0.25, 0.3) is 0 Å². The summed E-state index contributed by atoms with van der Waals surface area (Å²) in [5, 5.41) is 0. The molecule has 0 saturated carbocycles. The molecule has 0 heterocycles. The number of rotatable bonds is 12. The fourth-order valence-corrected chi connectivity index (χ4v) is 1.73. The normalized spacial score (nSPS) is 12.3. The number of hydrogen-bond acceptors (Lipinski definition) is 2. The smallest absolute Gasteiger partial charge is 0.305 e. The SMILES string of the molecule is CCC=CCC=CCC=CCC=CCCCCC(=O)OC. The molecule has 0 atom stereocenters. The van der Waals surface area contributed by atoms with E-state index in [0.717, 1.165) is 44.9 Å². The molecular weight excluding hydrogens is 260 g/mol. The van der Waals surface area contributed by atoms with Crippen LogP contribution in [0, 0.1) is 0 Å². The highest BCUT2D eigenvalue weighted by molar-refractivity contribution is 5.68. The highest BCUT2D eigenvalue weighted by Gasteiger charge is 1.97. The standard InChI is InChI=1S/C19H30O2/c1-3-4-5-6-7-8-9-10-11-12-13-14-15-16-17-18-19(20)21-2/h4-5,7-8,10-11,13-14H,3,6,9,12,15-18H2,1-2H3. The zero-order valence-electron chi connectivity index (χ0n) is 13.6. The first-order valence-corrected chi connectivity index (χ1v) is 7.98. The van der Waals surface area contributed by atoms with Gasteiger partial charge in [-0.05, 0) is 44.9 Å². The van der Waals surface area contributed by atoms with E-state index in [0.29, 0.717) is 6.42 Å². The molecular formula is C19H30O2. The van der Waals surface area contributed by atoms with Gasteiger partial charge in [-0.25, -0.2) is 0 Å². The molecule has 0 aromatic heterocycles. The summed E-state index contributed by atoms with van der Waals surface area (Å²) in [6.07, 6.45) is 25.2. The van der Waals surface area contributed by atoms with Crippen LogP contribution in [0.3, 0.4) is 0 Å². The second-order valence-corrected chi connectivity index (χ2v) is 4.82. The molecule has 0 radical (unpaired) electrons. The molecule has 2 heteroatoms. The number of esters is 1. The fraction of sp³-hybridized carbons (Fsp3) is 0.526. The van der Waals surface area contributed by atoms with Gasteiger partial charge in [-0.3, -0.25) is 4.79 Å². The molecule has 0 unspecified atom stereocenters. The molecule has 21 heavy (non-hydrogen) atoms. The predicted molar refractivity (Wildman–Crippen MR) is 91.2 cm³/mol. The summed E-state index contributed by atoms with van der Waals surface area (Å²) >= 11 is 0. The van der Waals surface area contributed by atoms with Gasteiger partial charge in [-0.2, -0.15) is 0 Å². The van der Waals surface area contributed by atoms with Crippen LogP contribution in [0.4, 0.5) is 0 Å². The second kappa shape index (κ2) is 16.5. The molecule has 0 amide bonds. The van der Waals surface area contributed by atoms with E-state index in [4.69, 9.17) is 0 Å². The van der Waals surface area contributed by atoms with Crippen molar-refractivity contribution in [1.82, 2.24) is 0 Å². The molecule has 0 saturated heterocycles. The van der Waals surface area contributed by atoms with Crippen molar-refractivity contribution >= 4 is 5.97 Å². The highest BCUT2D eigenvalue weighted by Crippen LogP contribution is 2.02. The van der Waals surface area contributed by atoms with Gasteiger partial charge < -0.3 is 4.74 Å². The summed E-state index contributed by atoms with van der Waals surface area (Å²) in [6.45, 7) is 2.15. The number of allylic oxidation sites excluding steroid dienone is 8. The van der Waals surface area contributed by atoms with Gasteiger partial charge in [-0.15, -0.1) is 0 Å². The number of ether oxygens (including phenoxy) is 1. The van der Waals surface area contributed by atoms with Gasteiger partial charge in [-0.1, -0.05) is 55.5 Å². The van der Waals surface area contributed by atoms with Gasteiger partial charge in [0.05, 0.1) is 7.11 Å². The van der Waals surface area contributed by atoms with E-state index < -0.39 is 0 Å². The Morgan fingerprint density at radius 3 is 1.86 bits per heavy atom. The van der Waals surface area contributed by atoms with Crippen LogP contribution in [0.1, 0.15) is 58.3 Å². The summed E-state index contributed by atoms with van der Waals surface area (Å²) in [6, 6.07) is 0. The number of hydrogen-bond donors (Lipinski definition) is 0. The Kier molecular flexibility index (Phi) is 15.3. The van der Waals surface area contributed by atoms with Crippen molar-refractivity contribution in [2.75, 3.05) is 7.11 Å². The Balaban J connectivity index is 3.40. The van der Waals surface area contributed by atoms with Crippen molar-refractivity contribution in [3.05, 3.63) is 48.6 Å². The molecule has 0 aromatic carbocycles. The topological polar surface area (TPSA) is 26.3 Å². The minimum atomic E-state index is -0.111. The Hall–Kier alpha value is -1.57. The predicted octanol–water partition coefficient (Wildman–Crippen LogP) is 5.52. The molecule has 0 bridgehead atoms. The summed E-state index contributed by atoms with van der Waals surface area (Å²) in [4.78, 5) is 10.9. The zero-order valence-corrected chi connectivity index (χ0v) is 13.6. The van der Waals surface area contributed by atoms with Gasteiger partial charge >= 0.3 is 5.97 Å². The van der Waals surface area contributed by atoms with E-state index in [2.05, 4.69) is 60.3 Å². The summed E-state index contributed by atoms with van der Waals surface area (Å²) in [5.74, 6) is -0.111. The van der Waals surface area contributed by atoms with Gasteiger partial charge in [0, 0.05) is 6.42 Å². The minimum absolute atomic E-state index is 0.111. The lowest BCUT2D eigenvalue weighted by atomic mass is 10.2. The number of carbonyl (C=O) groups is 1. The first-order chi connectivity index (χ1) is 10.3. The molecule has 0 fully saturated rings. The van der Waals surface area contributed by atoms with Gasteiger partial charge in [0.2, 0.25) is 0 Å². The molecule has 0 rings (SSSR count). The quantitative estimate of drug-likeness (QED) is 0.268. The van der Waals surface area contributed by atoms with Crippen LogP contribution < -0.4 is 0 Å². The van der Waals surface area contributed by atoms with Crippen LogP contribution in [-0.2, 0) is 9.53 Å². The van der Waals surface area contributed by atoms with E-state index in [1.54, 1.807) is 0 Å². The van der Waals surface area contributed by atoms with E-state index in [9.17, 15) is 4.79 Å². The molecule has 0 aliphatic rings. The third-order valence-corrected chi connectivity index (χ3v) is 2.95. The Morgan fingerprint density at radius 1 is 0.810 bits per heavy atom. The summed E-state index contributed by atoms with van der Waals surface area (Å²) < 4.78 is 4.59. The molecule has 0 spiro atoms. The highest BCUT2D eigenvalue weighted by atomic mass is 16.5. The van der Waals surface area contributed by atoms with Gasteiger partial charge in [0.1, 0.15) is 0 Å². The van der Waals surface area contributed by atoms with Crippen molar-refractivity contribution in [2.24, 2.45) is 0 Å². The fourth-order valence-electron chi connectivity index (χ4n) is 1.73. The number of carbonyl (C=O) groups excluding carboxylic acids is 1. The first-order valence-electron chi connectivity index (χ1n) is 7.98. The largest absolute Gasteiger partial charge is 0.469 e. The average Bonchev–Trinajstić information content (AvgIpc) is 2.50. The van der Waals surface area contributed by atoms with Crippen molar-refractivity contribution < 1.29 is 9.53 Å². The maximum Gasteiger partial charge on any atom is 0.305 e. The zero-order chi connectivity index (χ0) is 15.6. The second-order valence-electron chi connectivity index (χ2n) is 4.82. The van der Waals surface area contributed by atoms with Crippen molar-refractivity contribution in [1.29, 1.82) is 0 Å².